The molecule has 0 aliphatic carbocycles. The van der Waals surface area contributed by atoms with Crippen molar-refractivity contribution in [1.29, 1.82) is 0 Å². The minimum absolute atomic E-state index is 0.153. The number of hydrogen-bond donors (Lipinski definition) is 1. The first-order valence-electron chi connectivity index (χ1n) is 7.61. The van der Waals surface area contributed by atoms with E-state index in [1.165, 1.54) is 12.1 Å². The van der Waals surface area contributed by atoms with Crippen LogP contribution in [0.5, 0.6) is 5.75 Å². The van der Waals surface area contributed by atoms with Crippen molar-refractivity contribution < 1.29 is 32.2 Å². The maximum atomic E-state index is 12.0. The summed E-state index contributed by atoms with van der Waals surface area (Å²) in [5, 5.41) is 1.61. The molecule has 0 saturated carbocycles. The molecule has 1 amide bonds. The van der Waals surface area contributed by atoms with Gasteiger partial charge in [-0.1, -0.05) is 30.3 Å². The number of carbonyl (C=O) groups is 2. The molecule has 0 aromatic heterocycles. The third-order valence-electron chi connectivity index (χ3n) is 3.16. The first-order chi connectivity index (χ1) is 12.3. The van der Waals surface area contributed by atoms with Crippen molar-refractivity contribution in [2.24, 2.45) is 0 Å². The van der Waals surface area contributed by atoms with Gasteiger partial charge >= 0.3 is 12.1 Å². The maximum absolute atomic E-state index is 12.0. The van der Waals surface area contributed by atoms with E-state index in [2.05, 4.69) is 4.74 Å². The van der Waals surface area contributed by atoms with Crippen molar-refractivity contribution >= 4 is 11.9 Å². The van der Waals surface area contributed by atoms with Crippen molar-refractivity contribution in [3.63, 3.8) is 0 Å². The Morgan fingerprint density at radius 1 is 0.962 bits per heavy atom. The van der Waals surface area contributed by atoms with Crippen LogP contribution in [0.25, 0.3) is 0 Å². The van der Waals surface area contributed by atoms with Gasteiger partial charge in [0.05, 0.1) is 5.56 Å². The highest BCUT2D eigenvalue weighted by Crippen LogP contribution is 2.15. The Morgan fingerprint density at radius 3 is 2.23 bits per heavy atom. The van der Waals surface area contributed by atoms with Gasteiger partial charge in [0.25, 0.3) is 5.91 Å². The Morgan fingerprint density at radius 2 is 1.62 bits per heavy atom. The topological polar surface area (TPSA) is 64.6 Å². The predicted octanol–water partition coefficient (Wildman–Crippen LogP) is 3.10. The summed E-state index contributed by atoms with van der Waals surface area (Å²) in [5.74, 6) is -1.31. The molecule has 26 heavy (non-hydrogen) atoms. The molecule has 2 aromatic rings. The average Bonchev–Trinajstić information content (AvgIpc) is 2.63. The van der Waals surface area contributed by atoms with E-state index < -0.39 is 31.2 Å². The molecule has 0 spiro atoms. The molecule has 0 radical (unpaired) electrons. The number of halogens is 3. The summed E-state index contributed by atoms with van der Waals surface area (Å²) < 4.78 is 46.1. The molecule has 0 fully saturated rings. The lowest BCUT2D eigenvalue weighted by atomic mass is 10.2. The van der Waals surface area contributed by atoms with Gasteiger partial charge in [0.2, 0.25) is 0 Å². The molecule has 138 valence electrons. The van der Waals surface area contributed by atoms with E-state index in [0.29, 0.717) is 12.4 Å². The SMILES string of the molecule is O=C(COC(=O)c1ccc(OCc2ccccc2)cc1)NCC(F)(F)F. The molecule has 0 atom stereocenters. The molecule has 0 aliphatic rings. The van der Waals surface area contributed by atoms with Crippen LogP contribution in [0.1, 0.15) is 15.9 Å². The predicted molar refractivity (Wildman–Crippen MR) is 86.6 cm³/mol. The highest BCUT2D eigenvalue weighted by molar-refractivity contribution is 5.91. The molecule has 1 N–H and O–H groups in total. The van der Waals surface area contributed by atoms with Crippen molar-refractivity contribution in [2.45, 2.75) is 12.8 Å². The summed E-state index contributed by atoms with van der Waals surface area (Å²) in [6.07, 6.45) is -4.52. The number of amides is 1. The number of rotatable bonds is 7. The third kappa shape index (κ3) is 6.84. The van der Waals surface area contributed by atoms with Crippen LogP contribution in [0.3, 0.4) is 0 Å². The second-order valence-electron chi connectivity index (χ2n) is 5.27. The highest BCUT2D eigenvalue weighted by Gasteiger charge is 2.27. The molecular formula is C18H16F3NO4. The van der Waals surface area contributed by atoms with Gasteiger partial charge in [-0.25, -0.2) is 4.79 Å². The van der Waals surface area contributed by atoms with E-state index >= 15 is 0 Å². The van der Waals surface area contributed by atoms with Crippen LogP contribution >= 0.6 is 0 Å². The number of nitrogens with one attached hydrogen (secondary N) is 1. The summed E-state index contributed by atoms with van der Waals surface area (Å²) in [7, 11) is 0. The van der Waals surface area contributed by atoms with Gasteiger partial charge in [-0.3, -0.25) is 4.79 Å². The van der Waals surface area contributed by atoms with E-state index in [9.17, 15) is 22.8 Å². The summed E-state index contributed by atoms with van der Waals surface area (Å²) >= 11 is 0. The number of ether oxygens (including phenoxy) is 2. The Kier molecular flexibility index (Phi) is 6.60. The maximum Gasteiger partial charge on any atom is 0.405 e. The zero-order valence-electron chi connectivity index (χ0n) is 13.6. The van der Waals surface area contributed by atoms with Gasteiger partial charge in [-0.05, 0) is 29.8 Å². The van der Waals surface area contributed by atoms with E-state index in [0.717, 1.165) is 5.56 Å². The van der Waals surface area contributed by atoms with Crippen LogP contribution in [-0.4, -0.2) is 31.2 Å². The Balaban J connectivity index is 1.78. The van der Waals surface area contributed by atoms with Crippen LogP contribution in [0.2, 0.25) is 0 Å². The molecule has 5 nitrogen and oxygen atoms in total. The number of hydrogen-bond acceptors (Lipinski definition) is 4. The molecular weight excluding hydrogens is 351 g/mol. The molecule has 0 heterocycles. The van der Waals surface area contributed by atoms with Crippen LogP contribution in [0, 0.1) is 0 Å². The fourth-order valence-electron chi connectivity index (χ4n) is 1.89. The lowest BCUT2D eigenvalue weighted by molar-refractivity contribution is -0.140. The van der Waals surface area contributed by atoms with Gasteiger partial charge in [0, 0.05) is 0 Å². The summed E-state index contributed by atoms with van der Waals surface area (Å²) in [6.45, 7) is -1.90. The number of benzene rings is 2. The van der Waals surface area contributed by atoms with Gasteiger partial charge in [-0.15, -0.1) is 0 Å². The van der Waals surface area contributed by atoms with Gasteiger partial charge < -0.3 is 14.8 Å². The highest BCUT2D eigenvalue weighted by atomic mass is 19.4. The van der Waals surface area contributed by atoms with Gasteiger partial charge in [-0.2, -0.15) is 13.2 Å². The van der Waals surface area contributed by atoms with Crippen molar-refractivity contribution in [3.05, 3.63) is 65.7 Å². The minimum Gasteiger partial charge on any atom is -0.489 e. The monoisotopic (exact) mass is 367 g/mol. The first-order valence-corrected chi connectivity index (χ1v) is 7.61. The average molecular weight is 367 g/mol. The Labute approximate surface area is 147 Å². The normalized spacial score (nSPS) is 10.9. The second-order valence-corrected chi connectivity index (χ2v) is 5.27. The molecule has 2 aromatic carbocycles. The molecule has 0 aliphatic heterocycles. The zero-order valence-corrected chi connectivity index (χ0v) is 13.6. The van der Waals surface area contributed by atoms with Crippen LogP contribution in [0.4, 0.5) is 13.2 Å². The Bertz CT molecular complexity index is 730. The zero-order chi connectivity index (χ0) is 19.0. The van der Waals surface area contributed by atoms with Gasteiger partial charge in [0.15, 0.2) is 6.61 Å². The minimum atomic E-state index is -4.52. The largest absolute Gasteiger partial charge is 0.489 e. The number of carbonyl (C=O) groups excluding carboxylic acids is 2. The van der Waals surface area contributed by atoms with E-state index in [1.807, 2.05) is 30.3 Å². The fourth-order valence-corrected chi connectivity index (χ4v) is 1.89. The molecule has 2 rings (SSSR count). The first kappa shape index (κ1) is 19.3. The molecule has 8 heteroatoms. The number of esters is 1. The number of alkyl halides is 3. The van der Waals surface area contributed by atoms with E-state index in [1.54, 1.807) is 17.4 Å². The van der Waals surface area contributed by atoms with Crippen molar-refractivity contribution in [2.75, 3.05) is 13.2 Å². The lowest BCUT2D eigenvalue weighted by Crippen LogP contribution is -2.36. The van der Waals surface area contributed by atoms with Crippen LogP contribution in [-0.2, 0) is 16.1 Å². The second kappa shape index (κ2) is 8.89. The standard InChI is InChI=1S/C18H16F3NO4/c19-18(20,21)12-22-16(23)11-26-17(24)14-6-8-15(9-7-14)25-10-13-4-2-1-3-5-13/h1-9H,10-12H2,(H,22,23). The van der Waals surface area contributed by atoms with E-state index in [4.69, 9.17) is 4.74 Å². The third-order valence-corrected chi connectivity index (χ3v) is 3.16. The van der Waals surface area contributed by atoms with E-state index in [-0.39, 0.29) is 5.56 Å². The van der Waals surface area contributed by atoms with Crippen molar-refractivity contribution in [3.8, 4) is 5.75 Å². The smallest absolute Gasteiger partial charge is 0.405 e. The molecule has 0 unspecified atom stereocenters. The summed E-state index contributed by atoms with van der Waals surface area (Å²) in [5.41, 5.74) is 1.14. The molecule has 0 saturated heterocycles. The fraction of sp³-hybridized carbons (Fsp3) is 0.222. The Hall–Kier alpha value is -3.03. The van der Waals surface area contributed by atoms with Gasteiger partial charge in [0.1, 0.15) is 18.9 Å². The quantitative estimate of drug-likeness (QED) is 0.764. The lowest BCUT2D eigenvalue weighted by Gasteiger charge is -2.09. The van der Waals surface area contributed by atoms with Crippen LogP contribution < -0.4 is 10.1 Å². The van der Waals surface area contributed by atoms with Crippen LogP contribution in [0.15, 0.2) is 54.6 Å². The summed E-state index contributed by atoms with van der Waals surface area (Å²) in [4.78, 5) is 23.0. The molecule has 0 bridgehead atoms. The summed E-state index contributed by atoms with van der Waals surface area (Å²) in [6, 6.07) is 15.5. The van der Waals surface area contributed by atoms with Crippen molar-refractivity contribution in [1.82, 2.24) is 5.32 Å².